The number of nitrogens with zero attached hydrogens (tertiary/aromatic N) is 3. The Morgan fingerprint density at radius 2 is 1.06 bits per heavy atom. The smallest absolute Gasteiger partial charge is 0.149 e. The van der Waals surface area contributed by atoms with Gasteiger partial charge >= 0.3 is 0 Å². The van der Waals surface area contributed by atoms with Crippen molar-refractivity contribution in [2.45, 2.75) is 77.5 Å². The van der Waals surface area contributed by atoms with Gasteiger partial charge in [0.25, 0.3) is 0 Å². The molecule has 0 bridgehead atoms. The lowest BCUT2D eigenvalue weighted by atomic mass is 9.77. The normalized spacial score (nSPS) is 13.7. The molecule has 2 aromatic heterocycles. The number of hydrogen-bond acceptors (Lipinski definition) is 3. The summed E-state index contributed by atoms with van der Waals surface area (Å²) < 4.78 is 21.4. The predicted octanol–water partition coefficient (Wildman–Crippen LogP) is 19.2. The highest BCUT2D eigenvalue weighted by Gasteiger charge is 2.28. The minimum Gasteiger partial charge on any atom is -0.507 e. The van der Waals surface area contributed by atoms with Crippen LogP contribution in [-0.4, -0.2) is 19.6 Å². The van der Waals surface area contributed by atoms with Crippen molar-refractivity contribution in [2.24, 2.45) is 5.92 Å². The van der Waals surface area contributed by atoms with Gasteiger partial charge in [0.15, 0.2) is 0 Å². The zero-order valence-electron chi connectivity index (χ0n) is 46.6. The van der Waals surface area contributed by atoms with Crippen LogP contribution in [0.2, 0.25) is 0 Å². The summed E-state index contributed by atoms with van der Waals surface area (Å²) in [5.41, 5.74) is 18.3. The molecule has 0 amide bonds. The highest BCUT2D eigenvalue weighted by molar-refractivity contribution is 5.99. The first-order valence-corrected chi connectivity index (χ1v) is 27.2. The number of imidazole rings is 1. The number of hydrogen-bond donors (Lipinski definition) is 1. The van der Waals surface area contributed by atoms with Crippen LogP contribution in [0.15, 0.2) is 231 Å². The summed E-state index contributed by atoms with van der Waals surface area (Å²) in [5.74, 6) is 0.667. The summed E-state index contributed by atoms with van der Waals surface area (Å²) in [6, 6.07) is 78.3. The molecule has 2 heterocycles. The van der Waals surface area contributed by atoms with Gasteiger partial charge in [0.05, 0.1) is 28.0 Å². The Kier molecular flexibility index (Phi) is 12.5. The topological polar surface area (TPSA) is 50.9 Å². The summed E-state index contributed by atoms with van der Waals surface area (Å²) in [6.07, 6.45) is 4.23. The van der Waals surface area contributed by atoms with Gasteiger partial charge in [0.2, 0.25) is 0 Å². The molecule has 378 valence electrons. The molecular formula is C73H65N3O. The zero-order chi connectivity index (χ0) is 54.5. The number of phenolic OH excluding ortho intramolecular Hbond substituents is 1. The minimum absolute atomic E-state index is 0.0552. The maximum atomic E-state index is 12.9. The monoisotopic (exact) mass is 1000 g/mol. The second-order valence-corrected chi connectivity index (χ2v) is 22.4. The van der Waals surface area contributed by atoms with Crippen LogP contribution in [0.3, 0.4) is 0 Å². The van der Waals surface area contributed by atoms with Gasteiger partial charge in [0.1, 0.15) is 11.6 Å². The maximum absolute atomic E-state index is 12.9. The fourth-order valence-corrected chi connectivity index (χ4v) is 11.4. The number of fused-ring (bicyclic) bond motifs is 1. The molecule has 4 heteroatoms. The van der Waals surface area contributed by atoms with Gasteiger partial charge in [-0.1, -0.05) is 224 Å². The molecule has 1 saturated carbocycles. The third kappa shape index (κ3) is 9.81. The Morgan fingerprint density at radius 3 is 1.77 bits per heavy atom. The molecule has 77 heavy (non-hydrogen) atoms. The van der Waals surface area contributed by atoms with Crippen molar-refractivity contribution >= 4 is 11.0 Å². The Bertz CT molecular complexity index is 4000. The molecule has 0 aliphatic heterocycles. The van der Waals surface area contributed by atoms with E-state index in [0.29, 0.717) is 17.0 Å². The van der Waals surface area contributed by atoms with Crippen molar-refractivity contribution in [3.63, 3.8) is 0 Å². The number of aromatic nitrogens is 3. The highest BCUT2D eigenvalue weighted by Crippen LogP contribution is 2.46. The van der Waals surface area contributed by atoms with Crippen molar-refractivity contribution in [1.29, 1.82) is 0 Å². The third-order valence-corrected chi connectivity index (χ3v) is 15.9. The molecule has 0 saturated heterocycles. The van der Waals surface area contributed by atoms with E-state index in [1.807, 2.05) is 66.9 Å². The molecule has 1 aliphatic carbocycles. The first-order chi connectivity index (χ1) is 38.2. The lowest BCUT2D eigenvalue weighted by Crippen LogP contribution is -2.18. The molecule has 0 radical (unpaired) electrons. The molecule has 0 atom stereocenters. The van der Waals surface area contributed by atoms with Gasteiger partial charge < -0.3 is 5.11 Å². The molecule has 9 aromatic carbocycles. The van der Waals surface area contributed by atoms with E-state index in [1.165, 1.54) is 11.1 Å². The number of aromatic hydroxyl groups is 1. The second-order valence-electron chi connectivity index (χ2n) is 22.4. The van der Waals surface area contributed by atoms with E-state index in [2.05, 4.69) is 203 Å². The average Bonchev–Trinajstić information content (AvgIpc) is 4.41. The second kappa shape index (κ2) is 20.5. The minimum atomic E-state index is -1.52. The molecule has 1 N–H and O–H groups in total. The molecule has 4 nitrogen and oxygen atoms in total. The SMILES string of the molecule is [2H]C([2H])(c1ccc(-n2c(-c3cc(C(C)(C)C)cc(-c4ccccc4)c3O)nc3c(-c4cc(-c5ccccc5)cc(-c5cc(-c6cccc(C(C)(C)c7ccccc7)c6)ccn5)c4)cccc32)c(-c2ccccc2)c1)C1CCCC1. The number of rotatable bonds is 12. The van der Waals surface area contributed by atoms with Crippen LogP contribution >= 0.6 is 0 Å². The van der Waals surface area contributed by atoms with Gasteiger partial charge in [0, 0.05) is 36.6 Å². The van der Waals surface area contributed by atoms with Crippen molar-refractivity contribution in [2.75, 3.05) is 0 Å². The molecule has 12 rings (SSSR count). The van der Waals surface area contributed by atoms with Crippen LogP contribution in [-0.2, 0) is 17.2 Å². The first kappa shape index (κ1) is 46.9. The van der Waals surface area contributed by atoms with Gasteiger partial charge in [-0.2, -0.15) is 0 Å². The van der Waals surface area contributed by atoms with E-state index in [4.69, 9.17) is 9.97 Å². The number of pyridine rings is 1. The van der Waals surface area contributed by atoms with Crippen molar-refractivity contribution in [3.8, 4) is 89.7 Å². The molecular weight excluding hydrogens is 935 g/mol. The quantitative estimate of drug-likeness (QED) is 0.133. The van der Waals surface area contributed by atoms with Gasteiger partial charge in [-0.05, 0) is 140 Å². The lowest BCUT2D eigenvalue weighted by molar-refractivity contribution is 0.477. The third-order valence-electron chi connectivity index (χ3n) is 15.9. The van der Waals surface area contributed by atoms with Crippen molar-refractivity contribution in [3.05, 3.63) is 253 Å². The Hall–Kier alpha value is -8.60. The van der Waals surface area contributed by atoms with Crippen LogP contribution < -0.4 is 0 Å². The Labute approximate surface area is 457 Å². The van der Waals surface area contributed by atoms with Crippen molar-refractivity contribution < 1.29 is 7.85 Å². The van der Waals surface area contributed by atoms with Crippen LogP contribution in [0.25, 0.3) is 95.0 Å². The lowest BCUT2D eigenvalue weighted by Gasteiger charge is -2.26. The van der Waals surface area contributed by atoms with Gasteiger partial charge in [-0.25, -0.2) is 4.98 Å². The molecule has 1 aliphatic rings. The maximum Gasteiger partial charge on any atom is 0.149 e. The number of benzene rings is 9. The standard InChI is InChI=1S/C73H65N3O/c1-72(2,3)61-47-64(53-28-14-8-15-29-53)70(77)65(48-61)71-75-69-62(34-21-35-68(69)76(71)67-37-36-50(40-49-22-18-19-23-49)41-63(67)52-26-12-7-13-27-52)57-42-56(51-24-10-6-11-25-51)43-58(44-57)66-46-55(38-39-74-66)54-30-20-33-60(45-54)73(4,5)59-31-16-9-17-32-59/h6-17,20-21,24-39,41-49,77H,18-19,22-23,40H2,1-5H3/i40D2. The Morgan fingerprint density at radius 1 is 0.481 bits per heavy atom. The van der Waals surface area contributed by atoms with Crippen LogP contribution in [0.5, 0.6) is 5.75 Å². The Balaban J connectivity index is 1.09. The van der Waals surface area contributed by atoms with Crippen LogP contribution in [0, 0.1) is 5.92 Å². The molecule has 11 aromatic rings. The van der Waals surface area contributed by atoms with E-state index in [1.54, 1.807) is 0 Å². The predicted molar refractivity (Wildman–Crippen MR) is 322 cm³/mol. The fraction of sp³-hybridized carbons (Fsp3) is 0.178. The van der Waals surface area contributed by atoms with E-state index in [0.717, 1.165) is 115 Å². The zero-order valence-corrected chi connectivity index (χ0v) is 44.6. The summed E-state index contributed by atoms with van der Waals surface area (Å²) in [4.78, 5) is 10.8. The summed E-state index contributed by atoms with van der Waals surface area (Å²) in [7, 11) is 0. The molecule has 0 unspecified atom stereocenters. The number of para-hydroxylation sites is 1. The van der Waals surface area contributed by atoms with Crippen LogP contribution in [0.4, 0.5) is 0 Å². The number of phenols is 1. The van der Waals surface area contributed by atoms with E-state index >= 15 is 0 Å². The highest BCUT2D eigenvalue weighted by atomic mass is 16.3. The van der Waals surface area contributed by atoms with E-state index < -0.39 is 6.37 Å². The van der Waals surface area contributed by atoms with Gasteiger partial charge in [-0.3, -0.25) is 9.55 Å². The van der Waals surface area contributed by atoms with E-state index in [-0.39, 0.29) is 22.5 Å². The average molecular weight is 1000 g/mol. The first-order valence-electron chi connectivity index (χ1n) is 28.2. The summed E-state index contributed by atoms with van der Waals surface area (Å²) in [6.45, 7) is 11.2. The largest absolute Gasteiger partial charge is 0.507 e. The van der Waals surface area contributed by atoms with Gasteiger partial charge in [-0.15, -0.1) is 0 Å². The van der Waals surface area contributed by atoms with E-state index in [9.17, 15) is 7.85 Å². The summed E-state index contributed by atoms with van der Waals surface area (Å²) >= 11 is 0. The molecule has 0 spiro atoms. The van der Waals surface area contributed by atoms with Crippen molar-refractivity contribution in [1.82, 2.24) is 14.5 Å². The van der Waals surface area contributed by atoms with Crippen LogP contribution in [0.1, 0.15) is 85.3 Å². The molecule has 1 fully saturated rings. The summed E-state index contributed by atoms with van der Waals surface area (Å²) in [5, 5.41) is 12.9. The fourth-order valence-electron chi connectivity index (χ4n) is 11.4.